The fourth-order valence-electron chi connectivity index (χ4n) is 1.08. The van der Waals surface area contributed by atoms with E-state index < -0.39 is 12.0 Å². The van der Waals surface area contributed by atoms with Crippen molar-refractivity contribution in [3.8, 4) is 0 Å². The van der Waals surface area contributed by atoms with E-state index in [1.165, 1.54) is 6.92 Å². The Morgan fingerprint density at radius 3 is 2.14 bits per heavy atom. The first-order chi connectivity index (χ1) is 6.22. The second kappa shape index (κ2) is 4.98. The number of nitrogens with one attached hydrogen (secondary N) is 1. The van der Waals surface area contributed by atoms with Crippen LogP contribution in [0.1, 0.15) is 40.5 Å². The average molecular weight is 201 g/mol. The van der Waals surface area contributed by atoms with E-state index >= 15 is 0 Å². The van der Waals surface area contributed by atoms with Crippen LogP contribution in [0.3, 0.4) is 0 Å². The van der Waals surface area contributed by atoms with Crippen LogP contribution >= 0.6 is 0 Å². The standard InChI is InChI=1S/C10H19NO3/c1-7(12)11-8(9(13)14)5-6-10(2,3)4/h8H,5-6H2,1-4H3,(H,11,12)(H,13,14). The zero-order valence-electron chi connectivity index (χ0n) is 9.26. The number of rotatable bonds is 4. The molecular formula is C10H19NO3. The number of hydrogen-bond acceptors (Lipinski definition) is 2. The molecule has 0 aliphatic heterocycles. The van der Waals surface area contributed by atoms with Crippen molar-refractivity contribution in [1.82, 2.24) is 5.32 Å². The molecule has 14 heavy (non-hydrogen) atoms. The Labute approximate surface area is 84.7 Å². The Hall–Kier alpha value is -1.06. The Morgan fingerprint density at radius 1 is 1.36 bits per heavy atom. The van der Waals surface area contributed by atoms with E-state index in [1.807, 2.05) is 20.8 Å². The second-order valence-corrected chi connectivity index (χ2v) is 4.69. The molecule has 0 aliphatic rings. The monoisotopic (exact) mass is 201 g/mol. The fraction of sp³-hybridized carbons (Fsp3) is 0.800. The van der Waals surface area contributed by atoms with Crippen LogP contribution in [0.2, 0.25) is 0 Å². The molecule has 0 rings (SSSR count). The van der Waals surface area contributed by atoms with Gasteiger partial charge in [-0.15, -0.1) is 0 Å². The largest absolute Gasteiger partial charge is 0.480 e. The molecule has 0 fully saturated rings. The lowest BCUT2D eigenvalue weighted by molar-refractivity contribution is -0.141. The van der Waals surface area contributed by atoms with Crippen LogP contribution in [-0.4, -0.2) is 23.0 Å². The molecule has 1 amide bonds. The smallest absolute Gasteiger partial charge is 0.326 e. The molecule has 0 aromatic carbocycles. The van der Waals surface area contributed by atoms with Gasteiger partial charge in [0.2, 0.25) is 5.91 Å². The minimum Gasteiger partial charge on any atom is -0.480 e. The van der Waals surface area contributed by atoms with Crippen molar-refractivity contribution in [3.63, 3.8) is 0 Å². The third-order valence-electron chi connectivity index (χ3n) is 1.86. The van der Waals surface area contributed by atoms with Gasteiger partial charge in [-0.25, -0.2) is 4.79 Å². The Balaban J connectivity index is 4.11. The minimum absolute atomic E-state index is 0.0895. The summed E-state index contributed by atoms with van der Waals surface area (Å²) < 4.78 is 0. The van der Waals surface area contributed by atoms with Gasteiger partial charge in [0.05, 0.1) is 0 Å². The SMILES string of the molecule is CC(=O)NC(CCC(C)(C)C)C(=O)O. The van der Waals surface area contributed by atoms with Gasteiger partial charge in [-0.05, 0) is 18.3 Å². The van der Waals surface area contributed by atoms with E-state index in [1.54, 1.807) is 0 Å². The molecule has 1 atom stereocenters. The molecule has 0 radical (unpaired) electrons. The summed E-state index contributed by atoms with van der Waals surface area (Å²) in [6.45, 7) is 7.45. The van der Waals surface area contributed by atoms with Gasteiger partial charge in [-0.3, -0.25) is 4.79 Å². The van der Waals surface area contributed by atoms with Crippen LogP contribution in [-0.2, 0) is 9.59 Å². The molecule has 0 heterocycles. The lowest BCUT2D eigenvalue weighted by atomic mass is 9.88. The summed E-state index contributed by atoms with van der Waals surface area (Å²) in [4.78, 5) is 21.4. The van der Waals surface area contributed by atoms with Crippen LogP contribution in [0, 0.1) is 5.41 Å². The summed E-state index contributed by atoms with van der Waals surface area (Å²) in [5.41, 5.74) is 0.0895. The molecule has 1 unspecified atom stereocenters. The predicted molar refractivity (Wildman–Crippen MR) is 53.9 cm³/mol. The van der Waals surface area contributed by atoms with Crippen molar-refractivity contribution in [2.24, 2.45) is 5.41 Å². The molecule has 82 valence electrons. The highest BCUT2D eigenvalue weighted by atomic mass is 16.4. The van der Waals surface area contributed by atoms with Gasteiger partial charge in [0, 0.05) is 6.92 Å². The summed E-state index contributed by atoms with van der Waals surface area (Å²) in [7, 11) is 0. The Bertz CT molecular complexity index is 218. The topological polar surface area (TPSA) is 66.4 Å². The molecule has 0 bridgehead atoms. The molecule has 0 saturated carbocycles. The first-order valence-electron chi connectivity index (χ1n) is 4.72. The van der Waals surface area contributed by atoms with Crippen molar-refractivity contribution in [2.45, 2.75) is 46.6 Å². The molecule has 4 heteroatoms. The predicted octanol–water partition coefficient (Wildman–Crippen LogP) is 1.40. The molecular weight excluding hydrogens is 182 g/mol. The van der Waals surface area contributed by atoms with E-state index in [0.717, 1.165) is 6.42 Å². The first-order valence-corrected chi connectivity index (χ1v) is 4.72. The van der Waals surface area contributed by atoms with Crippen LogP contribution in [0.4, 0.5) is 0 Å². The number of carboxylic acids is 1. The van der Waals surface area contributed by atoms with Crippen molar-refractivity contribution in [1.29, 1.82) is 0 Å². The van der Waals surface area contributed by atoms with Gasteiger partial charge in [0.25, 0.3) is 0 Å². The van der Waals surface area contributed by atoms with Gasteiger partial charge in [-0.2, -0.15) is 0 Å². The second-order valence-electron chi connectivity index (χ2n) is 4.69. The highest BCUT2D eigenvalue weighted by Gasteiger charge is 2.21. The van der Waals surface area contributed by atoms with Crippen LogP contribution in [0.15, 0.2) is 0 Å². The van der Waals surface area contributed by atoms with Gasteiger partial charge < -0.3 is 10.4 Å². The summed E-state index contributed by atoms with van der Waals surface area (Å²) >= 11 is 0. The third-order valence-corrected chi connectivity index (χ3v) is 1.86. The maximum absolute atomic E-state index is 10.7. The summed E-state index contributed by atoms with van der Waals surface area (Å²) in [6.07, 6.45) is 1.24. The van der Waals surface area contributed by atoms with E-state index in [2.05, 4.69) is 5.32 Å². The van der Waals surface area contributed by atoms with E-state index in [0.29, 0.717) is 6.42 Å². The van der Waals surface area contributed by atoms with Crippen LogP contribution < -0.4 is 5.32 Å². The van der Waals surface area contributed by atoms with Gasteiger partial charge in [0.1, 0.15) is 6.04 Å². The Morgan fingerprint density at radius 2 is 1.86 bits per heavy atom. The fourth-order valence-corrected chi connectivity index (χ4v) is 1.08. The maximum atomic E-state index is 10.7. The van der Waals surface area contributed by atoms with Gasteiger partial charge in [0.15, 0.2) is 0 Å². The number of aliphatic carboxylic acids is 1. The molecule has 0 aromatic rings. The average Bonchev–Trinajstić information content (AvgIpc) is 1.94. The highest BCUT2D eigenvalue weighted by molar-refractivity contribution is 5.81. The molecule has 0 saturated heterocycles. The first kappa shape index (κ1) is 12.9. The van der Waals surface area contributed by atoms with Crippen molar-refractivity contribution >= 4 is 11.9 Å². The van der Waals surface area contributed by atoms with E-state index in [9.17, 15) is 9.59 Å². The van der Waals surface area contributed by atoms with Gasteiger partial charge in [-0.1, -0.05) is 20.8 Å². The molecule has 0 spiro atoms. The minimum atomic E-state index is -0.968. The van der Waals surface area contributed by atoms with E-state index in [-0.39, 0.29) is 11.3 Å². The van der Waals surface area contributed by atoms with Gasteiger partial charge >= 0.3 is 5.97 Å². The lowest BCUT2D eigenvalue weighted by Crippen LogP contribution is -2.40. The van der Waals surface area contributed by atoms with Crippen LogP contribution in [0.5, 0.6) is 0 Å². The van der Waals surface area contributed by atoms with E-state index in [4.69, 9.17) is 5.11 Å². The number of carboxylic acid groups (broad SMARTS) is 1. The van der Waals surface area contributed by atoms with Crippen LogP contribution in [0.25, 0.3) is 0 Å². The number of carbonyl (C=O) groups is 2. The number of hydrogen-bond donors (Lipinski definition) is 2. The summed E-state index contributed by atoms with van der Waals surface area (Å²) in [6, 6.07) is -0.758. The summed E-state index contributed by atoms with van der Waals surface area (Å²) in [5.74, 6) is -1.27. The lowest BCUT2D eigenvalue weighted by Gasteiger charge is -2.21. The molecule has 2 N–H and O–H groups in total. The quantitative estimate of drug-likeness (QED) is 0.722. The molecule has 0 aliphatic carbocycles. The molecule has 4 nitrogen and oxygen atoms in total. The zero-order valence-corrected chi connectivity index (χ0v) is 9.26. The number of carbonyl (C=O) groups excluding carboxylic acids is 1. The summed E-state index contributed by atoms with van der Waals surface area (Å²) in [5, 5.41) is 11.2. The van der Waals surface area contributed by atoms with Crippen molar-refractivity contribution in [2.75, 3.05) is 0 Å². The maximum Gasteiger partial charge on any atom is 0.326 e. The zero-order chi connectivity index (χ0) is 11.4. The van der Waals surface area contributed by atoms with Crippen molar-refractivity contribution < 1.29 is 14.7 Å². The highest BCUT2D eigenvalue weighted by Crippen LogP contribution is 2.21. The normalized spacial score (nSPS) is 13.4. The third kappa shape index (κ3) is 6.46. The Kier molecular flexibility index (Phi) is 4.60. The number of amides is 1. The molecule has 0 aromatic heterocycles. The van der Waals surface area contributed by atoms with Crippen molar-refractivity contribution in [3.05, 3.63) is 0 Å².